The van der Waals surface area contributed by atoms with E-state index in [1.165, 1.54) is 83.5 Å². The highest BCUT2D eigenvalue weighted by atomic mass is 16.6. The van der Waals surface area contributed by atoms with E-state index in [0.717, 1.165) is 18.4 Å². The topological polar surface area (TPSA) is 111 Å². The Morgan fingerprint density at radius 3 is 1.40 bits per heavy atom. The first-order valence-electron chi connectivity index (χ1n) is 18.7. The number of nitrogens with one attached hydrogen (secondary N) is 1. The molecule has 1 aromatic carbocycles. The molecule has 0 saturated heterocycles. The van der Waals surface area contributed by atoms with Gasteiger partial charge in [0.25, 0.3) is 0 Å². The van der Waals surface area contributed by atoms with Gasteiger partial charge in [0.2, 0.25) is 0 Å². The lowest BCUT2D eigenvalue weighted by Crippen LogP contribution is -2.28. The largest absolute Gasteiger partial charge is 0.463 e. The fourth-order valence-corrected chi connectivity index (χ4v) is 4.91. The SMILES string of the molecule is CCCCCCCCCCCCCCCCCC(=O)OCCOCCOCCOCCOCCOCCNC(=O)OCc1ccccc1. The van der Waals surface area contributed by atoms with Crippen molar-refractivity contribution in [2.24, 2.45) is 0 Å². The number of esters is 1. The quantitative estimate of drug-likeness (QED) is 0.0560. The molecule has 0 heterocycles. The fraction of sp³-hybridized carbons (Fsp3) is 0.789. The van der Waals surface area contributed by atoms with Crippen molar-refractivity contribution < 1.29 is 42.7 Å². The Labute approximate surface area is 291 Å². The van der Waals surface area contributed by atoms with E-state index in [2.05, 4.69) is 12.2 Å². The number of rotatable bonds is 36. The van der Waals surface area contributed by atoms with Gasteiger partial charge in [-0.3, -0.25) is 4.79 Å². The molecule has 1 N–H and O–H groups in total. The van der Waals surface area contributed by atoms with Gasteiger partial charge >= 0.3 is 12.1 Å². The molecule has 0 saturated carbocycles. The summed E-state index contributed by atoms with van der Waals surface area (Å²) in [6, 6.07) is 9.52. The summed E-state index contributed by atoms with van der Waals surface area (Å²) in [6.07, 6.45) is 19.7. The first-order chi connectivity index (χ1) is 23.7. The molecule has 278 valence electrons. The van der Waals surface area contributed by atoms with Crippen LogP contribution in [0, 0.1) is 0 Å². The Morgan fingerprint density at radius 2 is 0.917 bits per heavy atom. The van der Waals surface area contributed by atoms with Gasteiger partial charge in [-0.05, 0) is 12.0 Å². The summed E-state index contributed by atoms with van der Waals surface area (Å²) in [5, 5.41) is 2.65. The number of ether oxygens (including phenoxy) is 7. The minimum absolute atomic E-state index is 0.135. The van der Waals surface area contributed by atoms with Gasteiger partial charge < -0.3 is 38.5 Å². The average Bonchev–Trinajstić information content (AvgIpc) is 3.10. The second-order valence-electron chi connectivity index (χ2n) is 12.0. The minimum Gasteiger partial charge on any atom is -0.463 e. The van der Waals surface area contributed by atoms with Gasteiger partial charge in [0, 0.05) is 13.0 Å². The maximum Gasteiger partial charge on any atom is 0.407 e. The molecule has 0 radical (unpaired) electrons. The molecule has 0 bridgehead atoms. The zero-order chi connectivity index (χ0) is 34.4. The molecule has 10 heteroatoms. The Kier molecular flexibility index (Phi) is 32.9. The molecular weight excluding hydrogens is 614 g/mol. The molecular formula is C38H67NO9. The maximum absolute atomic E-state index is 11.9. The number of unbranched alkanes of at least 4 members (excludes halogenated alkanes) is 14. The van der Waals surface area contributed by atoms with Crippen molar-refractivity contribution in [1.82, 2.24) is 5.32 Å². The molecule has 1 rings (SSSR count). The van der Waals surface area contributed by atoms with Crippen LogP contribution < -0.4 is 5.32 Å². The van der Waals surface area contributed by atoms with E-state index in [-0.39, 0.29) is 19.2 Å². The summed E-state index contributed by atoms with van der Waals surface area (Å²) in [5.41, 5.74) is 0.940. The Hall–Kier alpha value is -2.24. The first kappa shape index (κ1) is 43.8. The van der Waals surface area contributed by atoms with E-state index in [0.29, 0.717) is 79.0 Å². The lowest BCUT2D eigenvalue weighted by atomic mass is 10.0. The lowest BCUT2D eigenvalue weighted by Gasteiger charge is -2.09. The molecule has 0 spiro atoms. The van der Waals surface area contributed by atoms with E-state index in [9.17, 15) is 9.59 Å². The summed E-state index contributed by atoms with van der Waals surface area (Å²) in [5.74, 6) is -0.135. The standard InChI is InChI=1S/C38H67NO9/c1-2-3-4-5-6-7-8-9-10-11-12-13-14-15-19-22-37(40)47-34-33-46-32-31-45-30-29-44-28-27-43-26-25-42-24-23-39-38(41)48-35-36-20-17-16-18-21-36/h16-18,20-21H,2-15,19,22-35H2,1H3,(H,39,41). The summed E-state index contributed by atoms with van der Waals surface area (Å²) < 4.78 is 37.7. The predicted octanol–water partition coefficient (Wildman–Crippen LogP) is 7.80. The zero-order valence-electron chi connectivity index (χ0n) is 30.1. The van der Waals surface area contributed by atoms with E-state index in [4.69, 9.17) is 33.2 Å². The molecule has 0 aliphatic carbocycles. The molecule has 0 fully saturated rings. The van der Waals surface area contributed by atoms with Gasteiger partial charge in [-0.1, -0.05) is 127 Å². The van der Waals surface area contributed by atoms with Crippen LogP contribution in [0.3, 0.4) is 0 Å². The van der Waals surface area contributed by atoms with Crippen LogP contribution >= 0.6 is 0 Å². The number of amides is 1. The van der Waals surface area contributed by atoms with Crippen LogP contribution in [-0.2, 0) is 44.6 Å². The summed E-state index contributed by atoms with van der Waals surface area (Å²) >= 11 is 0. The van der Waals surface area contributed by atoms with Crippen LogP contribution in [0.15, 0.2) is 30.3 Å². The third-order valence-corrected chi connectivity index (χ3v) is 7.69. The van der Waals surface area contributed by atoms with Crippen LogP contribution in [0.25, 0.3) is 0 Å². The highest BCUT2D eigenvalue weighted by Gasteiger charge is 2.04. The van der Waals surface area contributed by atoms with Crippen molar-refractivity contribution >= 4 is 12.1 Å². The first-order valence-corrected chi connectivity index (χ1v) is 18.7. The zero-order valence-corrected chi connectivity index (χ0v) is 30.1. The number of benzene rings is 1. The number of hydrogen-bond acceptors (Lipinski definition) is 9. The maximum atomic E-state index is 11.9. The normalized spacial score (nSPS) is 11.1. The highest BCUT2D eigenvalue weighted by molar-refractivity contribution is 5.69. The van der Waals surface area contributed by atoms with Gasteiger partial charge in [-0.15, -0.1) is 0 Å². The van der Waals surface area contributed by atoms with Crippen LogP contribution in [0.4, 0.5) is 4.79 Å². The second-order valence-corrected chi connectivity index (χ2v) is 12.0. The van der Waals surface area contributed by atoms with Gasteiger partial charge in [0.1, 0.15) is 13.2 Å². The van der Waals surface area contributed by atoms with E-state index < -0.39 is 6.09 Å². The van der Waals surface area contributed by atoms with Gasteiger partial charge in [0.15, 0.2) is 0 Å². The van der Waals surface area contributed by atoms with Crippen LogP contribution in [0.2, 0.25) is 0 Å². The number of alkyl carbamates (subject to hydrolysis) is 1. The van der Waals surface area contributed by atoms with E-state index in [1.807, 2.05) is 30.3 Å². The molecule has 1 aromatic rings. The van der Waals surface area contributed by atoms with Gasteiger partial charge in [-0.2, -0.15) is 0 Å². The molecule has 10 nitrogen and oxygen atoms in total. The van der Waals surface area contributed by atoms with Crippen molar-refractivity contribution in [2.45, 2.75) is 116 Å². The molecule has 48 heavy (non-hydrogen) atoms. The lowest BCUT2D eigenvalue weighted by molar-refractivity contribution is -0.145. The molecule has 1 amide bonds. The molecule has 0 aromatic heterocycles. The summed E-state index contributed by atoms with van der Waals surface area (Å²) in [6.45, 7) is 7.60. The van der Waals surface area contributed by atoms with Crippen LogP contribution in [0.5, 0.6) is 0 Å². The number of carbonyl (C=O) groups is 2. The average molecular weight is 682 g/mol. The molecule has 0 unspecified atom stereocenters. The van der Waals surface area contributed by atoms with Crippen molar-refractivity contribution in [2.75, 3.05) is 79.2 Å². The molecule has 0 atom stereocenters. The third-order valence-electron chi connectivity index (χ3n) is 7.69. The Balaban J connectivity index is 1.68. The second kappa shape index (κ2) is 36.1. The fourth-order valence-electron chi connectivity index (χ4n) is 4.91. The molecule has 0 aliphatic rings. The van der Waals surface area contributed by atoms with Crippen molar-refractivity contribution in [3.8, 4) is 0 Å². The number of carbonyl (C=O) groups excluding carboxylic acids is 2. The van der Waals surface area contributed by atoms with E-state index in [1.54, 1.807) is 0 Å². The monoisotopic (exact) mass is 681 g/mol. The smallest absolute Gasteiger partial charge is 0.407 e. The van der Waals surface area contributed by atoms with E-state index >= 15 is 0 Å². The van der Waals surface area contributed by atoms with Crippen molar-refractivity contribution in [1.29, 1.82) is 0 Å². The summed E-state index contributed by atoms with van der Waals surface area (Å²) in [4.78, 5) is 23.5. The predicted molar refractivity (Wildman–Crippen MR) is 189 cm³/mol. The Morgan fingerprint density at radius 1 is 0.500 bits per heavy atom. The van der Waals surface area contributed by atoms with Gasteiger partial charge in [0.05, 0.1) is 66.1 Å². The van der Waals surface area contributed by atoms with Crippen molar-refractivity contribution in [3.05, 3.63) is 35.9 Å². The Bertz CT molecular complexity index is 828. The number of hydrogen-bond donors (Lipinski definition) is 1. The van der Waals surface area contributed by atoms with Crippen molar-refractivity contribution in [3.63, 3.8) is 0 Å². The third kappa shape index (κ3) is 32.3. The molecule has 0 aliphatic heterocycles. The van der Waals surface area contributed by atoms with Crippen LogP contribution in [0.1, 0.15) is 115 Å². The van der Waals surface area contributed by atoms with Crippen LogP contribution in [-0.4, -0.2) is 91.3 Å². The minimum atomic E-state index is -0.467. The van der Waals surface area contributed by atoms with Gasteiger partial charge in [-0.25, -0.2) is 4.79 Å². The highest BCUT2D eigenvalue weighted by Crippen LogP contribution is 2.14. The summed E-state index contributed by atoms with van der Waals surface area (Å²) in [7, 11) is 0.